The molecule has 0 aliphatic heterocycles. The molecule has 0 aliphatic rings. The first kappa shape index (κ1) is 9.03. The van der Waals surface area contributed by atoms with Gasteiger partial charge in [0.05, 0.1) is 6.20 Å². The van der Waals surface area contributed by atoms with Crippen molar-refractivity contribution in [3.63, 3.8) is 0 Å². The Hall–Kier alpha value is -2.23. The van der Waals surface area contributed by atoms with Crippen molar-refractivity contribution in [3.05, 3.63) is 42.6 Å². The van der Waals surface area contributed by atoms with Crippen LogP contribution in [0.5, 0.6) is 0 Å². The molecular formula is C12H9N3O. The van der Waals surface area contributed by atoms with Gasteiger partial charge in [0.1, 0.15) is 12.0 Å². The molecule has 0 amide bonds. The van der Waals surface area contributed by atoms with Crippen LogP contribution >= 0.6 is 0 Å². The molecule has 3 rings (SSSR count). The van der Waals surface area contributed by atoms with Gasteiger partial charge in [-0.1, -0.05) is 0 Å². The average molecular weight is 211 g/mol. The maximum Gasteiger partial charge on any atom is 0.156 e. The smallest absolute Gasteiger partial charge is 0.156 e. The SMILES string of the molecule is Cc1c(-c2ccncn2)oc2cnccc12. The third kappa shape index (κ3) is 1.27. The standard InChI is InChI=1S/C12H9N3O/c1-8-9-2-4-13-6-11(9)16-12(8)10-3-5-14-7-15-10/h2-7H,1H3. The van der Waals surface area contributed by atoms with Crippen LogP contribution in [0.15, 0.2) is 41.5 Å². The highest BCUT2D eigenvalue weighted by atomic mass is 16.3. The lowest BCUT2D eigenvalue weighted by Gasteiger charge is -1.95. The van der Waals surface area contributed by atoms with E-state index in [1.807, 2.05) is 19.1 Å². The van der Waals surface area contributed by atoms with Crippen LogP contribution in [0.1, 0.15) is 5.56 Å². The molecular weight excluding hydrogens is 202 g/mol. The molecule has 0 fully saturated rings. The predicted octanol–water partition coefficient (Wildman–Crippen LogP) is 2.59. The van der Waals surface area contributed by atoms with Gasteiger partial charge in [0.15, 0.2) is 11.3 Å². The zero-order valence-electron chi connectivity index (χ0n) is 8.71. The third-order valence-corrected chi connectivity index (χ3v) is 2.56. The second-order valence-electron chi connectivity index (χ2n) is 3.52. The normalized spacial score (nSPS) is 10.8. The van der Waals surface area contributed by atoms with E-state index in [2.05, 4.69) is 15.0 Å². The molecule has 16 heavy (non-hydrogen) atoms. The van der Waals surface area contributed by atoms with Crippen LogP contribution < -0.4 is 0 Å². The van der Waals surface area contributed by atoms with Crippen LogP contribution in [0.25, 0.3) is 22.4 Å². The van der Waals surface area contributed by atoms with Crippen LogP contribution in [0, 0.1) is 6.92 Å². The van der Waals surface area contributed by atoms with Gasteiger partial charge in [-0.3, -0.25) is 4.98 Å². The summed E-state index contributed by atoms with van der Waals surface area (Å²) in [4.78, 5) is 12.1. The van der Waals surface area contributed by atoms with Crippen LogP contribution in [0.4, 0.5) is 0 Å². The lowest BCUT2D eigenvalue weighted by Crippen LogP contribution is -1.83. The minimum absolute atomic E-state index is 0.783. The number of aryl methyl sites for hydroxylation is 1. The predicted molar refractivity (Wildman–Crippen MR) is 59.8 cm³/mol. The first-order valence-electron chi connectivity index (χ1n) is 4.96. The average Bonchev–Trinajstić information content (AvgIpc) is 2.69. The van der Waals surface area contributed by atoms with E-state index in [9.17, 15) is 0 Å². The maximum atomic E-state index is 5.73. The Morgan fingerprint density at radius 1 is 1.12 bits per heavy atom. The molecule has 78 valence electrons. The van der Waals surface area contributed by atoms with Crippen LogP contribution in [-0.2, 0) is 0 Å². The molecule has 0 spiro atoms. The van der Waals surface area contributed by atoms with E-state index in [0.29, 0.717) is 0 Å². The number of rotatable bonds is 1. The quantitative estimate of drug-likeness (QED) is 0.620. The Balaban J connectivity index is 2.29. The fraction of sp³-hybridized carbons (Fsp3) is 0.0833. The first-order chi connectivity index (χ1) is 7.86. The van der Waals surface area contributed by atoms with E-state index in [1.165, 1.54) is 6.33 Å². The van der Waals surface area contributed by atoms with Gasteiger partial charge in [-0.2, -0.15) is 0 Å². The molecule has 4 heteroatoms. The molecule has 3 aromatic heterocycles. The summed E-state index contributed by atoms with van der Waals surface area (Å²) in [6.45, 7) is 2.02. The van der Waals surface area contributed by atoms with Crippen molar-refractivity contribution < 1.29 is 4.42 Å². The Morgan fingerprint density at radius 2 is 2.00 bits per heavy atom. The molecule has 0 unspecified atom stereocenters. The summed E-state index contributed by atoms with van der Waals surface area (Å²) in [5.41, 5.74) is 2.66. The molecule has 3 aromatic rings. The van der Waals surface area contributed by atoms with E-state index in [-0.39, 0.29) is 0 Å². The minimum Gasteiger partial charge on any atom is -0.453 e. The molecule has 0 saturated heterocycles. The lowest BCUT2D eigenvalue weighted by atomic mass is 10.1. The summed E-state index contributed by atoms with van der Waals surface area (Å²) in [7, 11) is 0. The van der Waals surface area contributed by atoms with Gasteiger partial charge in [-0.25, -0.2) is 9.97 Å². The minimum atomic E-state index is 0.783. The van der Waals surface area contributed by atoms with Gasteiger partial charge in [-0.15, -0.1) is 0 Å². The third-order valence-electron chi connectivity index (χ3n) is 2.56. The van der Waals surface area contributed by atoms with E-state index >= 15 is 0 Å². The van der Waals surface area contributed by atoms with Gasteiger partial charge < -0.3 is 4.42 Å². The zero-order valence-corrected chi connectivity index (χ0v) is 8.71. The highest BCUT2D eigenvalue weighted by Crippen LogP contribution is 2.30. The second-order valence-corrected chi connectivity index (χ2v) is 3.52. The van der Waals surface area contributed by atoms with Crippen LogP contribution in [-0.4, -0.2) is 15.0 Å². The number of nitrogens with zero attached hydrogens (tertiary/aromatic N) is 3. The summed E-state index contributed by atoms with van der Waals surface area (Å²) in [5.74, 6) is 0.783. The summed E-state index contributed by atoms with van der Waals surface area (Å²) >= 11 is 0. The summed E-state index contributed by atoms with van der Waals surface area (Å²) < 4.78 is 5.73. The van der Waals surface area contributed by atoms with Crippen molar-refractivity contribution in [1.82, 2.24) is 15.0 Å². The second kappa shape index (κ2) is 3.41. The Bertz CT molecular complexity index is 631. The monoisotopic (exact) mass is 211 g/mol. The number of pyridine rings is 1. The van der Waals surface area contributed by atoms with Crippen molar-refractivity contribution in [2.75, 3.05) is 0 Å². The summed E-state index contributed by atoms with van der Waals surface area (Å²) in [6, 6.07) is 3.77. The zero-order chi connectivity index (χ0) is 11.0. The molecule has 0 saturated carbocycles. The molecule has 0 N–H and O–H groups in total. The van der Waals surface area contributed by atoms with Crippen molar-refractivity contribution in [3.8, 4) is 11.5 Å². The largest absolute Gasteiger partial charge is 0.453 e. The lowest BCUT2D eigenvalue weighted by molar-refractivity contribution is 0.624. The van der Waals surface area contributed by atoms with Gasteiger partial charge in [0.25, 0.3) is 0 Å². The molecule has 0 atom stereocenters. The highest BCUT2D eigenvalue weighted by Gasteiger charge is 2.12. The molecule has 3 heterocycles. The van der Waals surface area contributed by atoms with Crippen LogP contribution in [0.3, 0.4) is 0 Å². The van der Waals surface area contributed by atoms with Gasteiger partial charge in [0.2, 0.25) is 0 Å². The molecule has 0 radical (unpaired) electrons. The fourth-order valence-electron chi connectivity index (χ4n) is 1.75. The van der Waals surface area contributed by atoms with E-state index in [4.69, 9.17) is 4.42 Å². The molecule has 0 bridgehead atoms. The van der Waals surface area contributed by atoms with Crippen LogP contribution in [0.2, 0.25) is 0 Å². The van der Waals surface area contributed by atoms with Gasteiger partial charge >= 0.3 is 0 Å². The number of furan rings is 1. The number of fused-ring (bicyclic) bond motifs is 1. The van der Waals surface area contributed by atoms with E-state index in [1.54, 1.807) is 18.6 Å². The van der Waals surface area contributed by atoms with Gasteiger partial charge in [0, 0.05) is 23.3 Å². The Labute approximate surface area is 92.0 Å². The Kier molecular flexibility index (Phi) is 1.93. The Morgan fingerprint density at radius 3 is 2.75 bits per heavy atom. The number of aromatic nitrogens is 3. The first-order valence-corrected chi connectivity index (χ1v) is 4.96. The highest BCUT2D eigenvalue weighted by molar-refractivity contribution is 5.86. The molecule has 0 aromatic carbocycles. The number of hydrogen-bond acceptors (Lipinski definition) is 4. The van der Waals surface area contributed by atoms with E-state index in [0.717, 1.165) is 28.0 Å². The molecule has 4 nitrogen and oxygen atoms in total. The van der Waals surface area contributed by atoms with Gasteiger partial charge in [-0.05, 0) is 19.1 Å². The topological polar surface area (TPSA) is 51.8 Å². The number of hydrogen-bond donors (Lipinski definition) is 0. The van der Waals surface area contributed by atoms with Crippen molar-refractivity contribution in [2.24, 2.45) is 0 Å². The van der Waals surface area contributed by atoms with E-state index < -0.39 is 0 Å². The fourth-order valence-corrected chi connectivity index (χ4v) is 1.75. The van der Waals surface area contributed by atoms with Crippen molar-refractivity contribution >= 4 is 11.0 Å². The maximum absolute atomic E-state index is 5.73. The van der Waals surface area contributed by atoms with Crippen molar-refractivity contribution in [1.29, 1.82) is 0 Å². The van der Waals surface area contributed by atoms with Crippen molar-refractivity contribution in [2.45, 2.75) is 6.92 Å². The molecule has 0 aliphatic carbocycles. The summed E-state index contributed by atoms with van der Waals surface area (Å²) in [6.07, 6.45) is 6.69. The summed E-state index contributed by atoms with van der Waals surface area (Å²) in [5, 5.41) is 1.07.